The molecule has 0 aliphatic rings. The molecule has 1 aromatic carbocycles. The minimum absolute atomic E-state index is 0.00764. The van der Waals surface area contributed by atoms with Crippen molar-refractivity contribution in [3.8, 4) is 5.75 Å². The topological polar surface area (TPSA) is 67.9 Å². The van der Waals surface area contributed by atoms with Gasteiger partial charge in [0.05, 0.1) is 18.4 Å². The number of H-pyrrole nitrogens is 1. The first-order valence-corrected chi connectivity index (χ1v) is 6.35. The lowest BCUT2D eigenvalue weighted by atomic mass is 10.1. The van der Waals surface area contributed by atoms with Crippen LogP contribution >= 0.6 is 11.8 Å². The molecule has 2 rings (SSSR count). The van der Waals surface area contributed by atoms with Gasteiger partial charge in [0.15, 0.2) is 10.9 Å². The molecule has 0 aliphatic heterocycles. The number of hydrogen-bond acceptors (Lipinski definition) is 5. The van der Waals surface area contributed by atoms with Crippen molar-refractivity contribution in [3.05, 3.63) is 35.7 Å². The molecule has 0 saturated carbocycles. The van der Waals surface area contributed by atoms with Gasteiger partial charge in [-0.1, -0.05) is 17.8 Å². The summed E-state index contributed by atoms with van der Waals surface area (Å²) in [6.07, 6.45) is 1.42. The largest absolute Gasteiger partial charge is 0.496 e. The van der Waals surface area contributed by atoms with Gasteiger partial charge in [0.2, 0.25) is 0 Å². The third kappa shape index (κ3) is 2.89. The number of aromatic nitrogens is 3. The molecule has 0 atom stereocenters. The Morgan fingerprint density at radius 2 is 2.33 bits per heavy atom. The smallest absolute Gasteiger partial charge is 0.183 e. The summed E-state index contributed by atoms with van der Waals surface area (Å²) in [6, 6.07) is 5.54. The van der Waals surface area contributed by atoms with Crippen molar-refractivity contribution >= 4 is 17.5 Å². The van der Waals surface area contributed by atoms with Gasteiger partial charge in [-0.3, -0.25) is 9.89 Å². The van der Waals surface area contributed by atoms with Crippen LogP contribution < -0.4 is 4.74 Å². The van der Waals surface area contributed by atoms with Crippen molar-refractivity contribution < 1.29 is 9.53 Å². The van der Waals surface area contributed by atoms with Gasteiger partial charge in [0, 0.05) is 0 Å². The number of ketones is 1. The normalized spacial score (nSPS) is 10.3. The third-order valence-corrected chi connectivity index (χ3v) is 3.27. The van der Waals surface area contributed by atoms with Gasteiger partial charge in [-0.25, -0.2) is 4.98 Å². The van der Waals surface area contributed by atoms with Gasteiger partial charge in [-0.2, -0.15) is 5.10 Å². The second kappa shape index (κ2) is 5.68. The van der Waals surface area contributed by atoms with E-state index in [2.05, 4.69) is 15.2 Å². The number of nitrogens with one attached hydrogen (secondary N) is 1. The van der Waals surface area contributed by atoms with Gasteiger partial charge in [-0.15, -0.1) is 0 Å². The molecule has 0 radical (unpaired) electrons. The highest BCUT2D eigenvalue weighted by atomic mass is 32.2. The average Bonchev–Trinajstić information content (AvgIpc) is 2.88. The number of ether oxygens (including phenoxy) is 1. The fraction of sp³-hybridized carbons (Fsp3) is 0.250. The Balaban J connectivity index is 2.09. The zero-order valence-corrected chi connectivity index (χ0v) is 11.0. The van der Waals surface area contributed by atoms with Crippen molar-refractivity contribution in [2.45, 2.75) is 12.1 Å². The number of methoxy groups -OCH3 is 1. The predicted octanol–water partition coefficient (Wildman–Crippen LogP) is 2.10. The number of benzene rings is 1. The summed E-state index contributed by atoms with van der Waals surface area (Å²) in [5.74, 6) is 0.917. The maximum atomic E-state index is 12.1. The molecule has 1 aromatic heterocycles. The molecule has 0 spiro atoms. The predicted molar refractivity (Wildman–Crippen MR) is 69.2 cm³/mol. The van der Waals surface area contributed by atoms with E-state index in [1.807, 2.05) is 19.1 Å². The number of carbonyl (C=O) groups is 1. The van der Waals surface area contributed by atoms with E-state index in [4.69, 9.17) is 4.74 Å². The van der Waals surface area contributed by atoms with Crippen LogP contribution in [-0.4, -0.2) is 33.8 Å². The highest BCUT2D eigenvalue weighted by molar-refractivity contribution is 7.99. The van der Waals surface area contributed by atoms with E-state index < -0.39 is 0 Å². The quantitative estimate of drug-likeness (QED) is 0.661. The van der Waals surface area contributed by atoms with Crippen LogP contribution in [0, 0.1) is 6.92 Å². The molecule has 18 heavy (non-hydrogen) atoms. The lowest BCUT2D eigenvalue weighted by Crippen LogP contribution is -2.05. The fourth-order valence-corrected chi connectivity index (χ4v) is 2.17. The molecular weight excluding hydrogens is 250 g/mol. The Morgan fingerprint density at radius 1 is 1.50 bits per heavy atom. The molecule has 0 fully saturated rings. The Bertz CT molecular complexity index is 540. The van der Waals surface area contributed by atoms with Gasteiger partial charge in [0.1, 0.15) is 12.1 Å². The second-order valence-corrected chi connectivity index (χ2v) is 4.67. The van der Waals surface area contributed by atoms with E-state index in [1.165, 1.54) is 18.1 Å². The average molecular weight is 263 g/mol. The zero-order valence-electron chi connectivity index (χ0n) is 10.1. The summed E-state index contributed by atoms with van der Waals surface area (Å²) in [5.41, 5.74) is 1.65. The van der Waals surface area contributed by atoms with Crippen LogP contribution in [0.4, 0.5) is 0 Å². The van der Waals surface area contributed by atoms with Crippen LogP contribution in [0.15, 0.2) is 29.7 Å². The van der Waals surface area contributed by atoms with Crippen LogP contribution in [0.2, 0.25) is 0 Å². The van der Waals surface area contributed by atoms with E-state index in [0.717, 1.165) is 5.56 Å². The molecule has 0 aliphatic carbocycles. The Hall–Kier alpha value is -1.82. The van der Waals surface area contributed by atoms with Gasteiger partial charge in [-0.05, 0) is 24.6 Å². The monoisotopic (exact) mass is 263 g/mol. The van der Waals surface area contributed by atoms with Gasteiger partial charge in [0.25, 0.3) is 0 Å². The van der Waals surface area contributed by atoms with Gasteiger partial charge >= 0.3 is 0 Å². The molecule has 2 aromatic rings. The van der Waals surface area contributed by atoms with Crippen molar-refractivity contribution in [1.82, 2.24) is 15.2 Å². The number of carbonyl (C=O) groups excluding carboxylic acids is 1. The Morgan fingerprint density at radius 3 is 3.00 bits per heavy atom. The molecule has 0 bridgehead atoms. The van der Waals surface area contributed by atoms with Crippen LogP contribution in [0.5, 0.6) is 5.75 Å². The molecule has 0 amide bonds. The van der Waals surface area contributed by atoms with Crippen LogP contribution in [0.3, 0.4) is 0 Å². The Kier molecular flexibility index (Phi) is 3.99. The maximum absolute atomic E-state index is 12.1. The summed E-state index contributed by atoms with van der Waals surface area (Å²) in [5, 5.41) is 7.06. The van der Waals surface area contributed by atoms with Crippen LogP contribution in [0.1, 0.15) is 15.9 Å². The molecule has 5 nitrogen and oxygen atoms in total. The van der Waals surface area contributed by atoms with Crippen molar-refractivity contribution in [2.24, 2.45) is 0 Å². The summed E-state index contributed by atoms with van der Waals surface area (Å²) < 4.78 is 5.22. The molecule has 0 saturated heterocycles. The molecular formula is C12H13N3O2S. The highest BCUT2D eigenvalue weighted by Gasteiger charge is 2.13. The summed E-state index contributed by atoms with van der Waals surface area (Å²) in [6.45, 7) is 1.96. The van der Waals surface area contributed by atoms with Crippen molar-refractivity contribution in [3.63, 3.8) is 0 Å². The first-order valence-electron chi connectivity index (χ1n) is 5.36. The first-order chi connectivity index (χ1) is 8.70. The van der Waals surface area contributed by atoms with E-state index in [0.29, 0.717) is 22.2 Å². The summed E-state index contributed by atoms with van der Waals surface area (Å²) in [4.78, 5) is 16.0. The number of Topliss-reactive ketones (excluding diaryl/α,β-unsaturated/α-hetero) is 1. The molecule has 6 heteroatoms. The maximum Gasteiger partial charge on any atom is 0.183 e. The molecule has 1 heterocycles. The van der Waals surface area contributed by atoms with Crippen LogP contribution in [0.25, 0.3) is 0 Å². The number of aromatic amines is 1. The third-order valence-electron chi connectivity index (χ3n) is 2.39. The molecule has 1 N–H and O–H groups in total. The standard InChI is InChI=1S/C12H13N3O2S/c1-8-3-4-9(11(5-8)17-2)10(16)6-18-12-13-7-14-15-12/h3-5,7H,6H2,1-2H3,(H,13,14,15). The van der Waals surface area contributed by atoms with Crippen molar-refractivity contribution in [1.29, 1.82) is 0 Å². The highest BCUT2D eigenvalue weighted by Crippen LogP contribution is 2.22. The van der Waals surface area contributed by atoms with E-state index in [9.17, 15) is 4.79 Å². The lowest BCUT2D eigenvalue weighted by Gasteiger charge is -2.07. The minimum atomic E-state index is 0.00764. The SMILES string of the molecule is COc1cc(C)ccc1C(=O)CSc1ncn[nH]1. The van der Waals surface area contributed by atoms with E-state index in [1.54, 1.807) is 13.2 Å². The minimum Gasteiger partial charge on any atom is -0.496 e. The first kappa shape index (κ1) is 12.6. The molecule has 94 valence electrons. The Labute approximate surface area is 109 Å². The number of thioether (sulfide) groups is 1. The van der Waals surface area contributed by atoms with Gasteiger partial charge < -0.3 is 4.74 Å². The summed E-state index contributed by atoms with van der Waals surface area (Å²) in [7, 11) is 1.56. The van der Waals surface area contributed by atoms with E-state index >= 15 is 0 Å². The fourth-order valence-electron chi connectivity index (χ4n) is 1.50. The summed E-state index contributed by atoms with van der Waals surface area (Å²) >= 11 is 1.32. The number of nitrogens with zero attached hydrogens (tertiary/aromatic N) is 2. The van der Waals surface area contributed by atoms with E-state index in [-0.39, 0.29) is 5.78 Å². The lowest BCUT2D eigenvalue weighted by molar-refractivity contribution is 0.101. The van der Waals surface area contributed by atoms with Crippen molar-refractivity contribution in [2.75, 3.05) is 12.9 Å². The number of rotatable bonds is 5. The van der Waals surface area contributed by atoms with Crippen LogP contribution in [-0.2, 0) is 0 Å². The number of aryl methyl sites for hydroxylation is 1. The number of hydrogen-bond donors (Lipinski definition) is 1. The zero-order chi connectivity index (χ0) is 13.0. The molecule has 0 unspecified atom stereocenters. The second-order valence-electron chi connectivity index (χ2n) is 3.71.